The van der Waals surface area contributed by atoms with Crippen LogP contribution in [0, 0.1) is 0 Å². The fourth-order valence-corrected chi connectivity index (χ4v) is 3.36. The zero-order valence-electron chi connectivity index (χ0n) is 17.2. The molecule has 1 unspecified atom stereocenters. The molecule has 3 rings (SSSR count). The smallest absolute Gasteiger partial charge is 0.416 e. The lowest BCUT2D eigenvalue weighted by Crippen LogP contribution is -2.35. The van der Waals surface area contributed by atoms with Gasteiger partial charge in [-0.05, 0) is 31.2 Å². The van der Waals surface area contributed by atoms with E-state index in [1.807, 2.05) is 30.3 Å². The topological polar surface area (TPSA) is 97.4 Å². The Morgan fingerprint density at radius 2 is 1.73 bits per heavy atom. The summed E-state index contributed by atoms with van der Waals surface area (Å²) < 4.78 is 42.7. The third-order valence-corrected chi connectivity index (χ3v) is 5.11. The van der Waals surface area contributed by atoms with Crippen LogP contribution < -0.4 is 10.6 Å². The van der Waals surface area contributed by atoms with E-state index >= 15 is 0 Å². The lowest BCUT2D eigenvalue weighted by Gasteiger charge is -2.13. The Labute approximate surface area is 190 Å². The van der Waals surface area contributed by atoms with Gasteiger partial charge in [-0.1, -0.05) is 30.3 Å². The van der Waals surface area contributed by atoms with Crippen molar-refractivity contribution < 1.29 is 32.3 Å². The predicted octanol–water partition coefficient (Wildman–Crippen LogP) is 4.13. The monoisotopic (exact) mass is 477 g/mol. The first-order valence-electron chi connectivity index (χ1n) is 9.60. The number of thiazole rings is 1. The summed E-state index contributed by atoms with van der Waals surface area (Å²) in [5.74, 6) is -2.25. The molecular formula is C22H18F3N3O4S. The van der Waals surface area contributed by atoms with Gasteiger partial charge in [-0.2, -0.15) is 13.2 Å². The number of hydrogen-bond donors (Lipinski definition) is 2. The fourth-order valence-electron chi connectivity index (χ4n) is 2.64. The fraction of sp³-hybridized carbons (Fsp3) is 0.182. The molecule has 0 fully saturated rings. The zero-order valence-corrected chi connectivity index (χ0v) is 18.0. The Kier molecular flexibility index (Phi) is 7.44. The highest BCUT2D eigenvalue weighted by Gasteiger charge is 2.30. The number of halogens is 3. The average molecular weight is 477 g/mol. The summed E-state index contributed by atoms with van der Waals surface area (Å²) in [4.78, 5) is 40.5. The van der Waals surface area contributed by atoms with Crippen LogP contribution >= 0.6 is 11.3 Å². The Balaban J connectivity index is 1.46. The molecule has 0 bridgehead atoms. The highest BCUT2D eigenvalue weighted by Crippen LogP contribution is 2.29. The van der Waals surface area contributed by atoms with Crippen molar-refractivity contribution in [2.75, 3.05) is 11.9 Å². The summed E-state index contributed by atoms with van der Waals surface area (Å²) in [5.41, 5.74) is 0.623. The molecule has 0 spiro atoms. The molecule has 33 heavy (non-hydrogen) atoms. The molecule has 0 aliphatic rings. The molecule has 1 aromatic heterocycles. The largest absolute Gasteiger partial charge is 0.451 e. The normalized spacial score (nSPS) is 12.0. The van der Waals surface area contributed by atoms with E-state index in [0.717, 1.165) is 29.8 Å². The van der Waals surface area contributed by atoms with E-state index < -0.39 is 42.2 Å². The van der Waals surface area contributed by atoms with Gasteiger partial charge < -0.3 is 10.1 Å². The van der Waals surface area contributed by atoms with Crippen molar-refractivity contribution in [1.82, 2.24) is 10.3 Å². The van der Waals surface area contributed by atoms with E-state index in [-0.39, 0.29) is 5.56 Å². The number of ether oxygens (including phenoxy) is 1. The number of esters is 1. The van der Waals surface area contributed by atoms with Gasteiger partial charge >= 0.3 is 12.1 Å². The van der Waals surface area contributed by atoms with Crippen molar-refractivity contribution in [3.63, 3.8) is 0 Å². The number of benzene rings is 2. The molecule has 1 atom stereocenters. The number of rotatable bonds is 7. The quantitative estimate of drug-likeness (QED) is 0.499. The molecule has 0 saturated carbocycles. The molecule has 0 aliphatic heterocycles. The van der Waals surface area contributed by atoms with Gasteiger partial charge in [0.25, 0.3) is 11.8 Å². The minimum Gasteiger partial charge on any atom is -0.451 e. The highest BCUT2D eigenvalue weighted by atomic mass is 32.1. The van der Waals surface area contributed by atoms with E-state index in [2.05, 4.69) is 15.6 Å². The Morgan fingerprint density at radius 1 is 1.06 bits per heavy atom. The number of alkyl halides is 3. The SMILES string of the molecule is CC(OC(=O)CNC(=O)c1ccc(C(F)(F)F)cc1)C(=O)Nc1nc(-c2ccccc2)cs1. The average Bonchev–Trinajstić information content (AvgIpc) is 3.26. The van der Waals surface area contributed by atoms with Gasteiger partial charge in [0.15, 0.2) is 11.2 Å². The van der Waals surface area contributed by atoms with Crippen LogP contribution in [0.4, 0.5) is 18.3 Å². The number of nitrogens with one attached hydrogen (secondary N) is 2. The van der Waals surface area contributed by atoms with E-state index in [1.165, 1.54) is 18.3 Å². The molecule has 0 saturated heterocycles. The number of carbonyl (C=O) groups excluding carboxylic acids is 3. The van der Waals surface area contributed by atoms with E-state index in [9.17, 15) is 27.6 Å². The molecule has 0 radical (unpaired) electrons. The lowest BCUT2D eigenvalue weighted by atomic mass is 10.1. The predicted molar refractivity (Wildman–Crippen MR) is 116 cm³/mol. The van der Waals surface area contributed by atoms with Gasteiger partial charge in [0, 0.05) is 16.5 Å². The second-order valence-corrected chi connectivity index (χ2v) is 7.64. The molecule has 172 valence electrons. The van der Waals surface area contributed by atoms with Gasteiger partial charge in [0.05, 0.1) is 11.3 Å². The second kappa shape index (κ2) is 10.3. The van der Waals surface area contributed by atoms with Gasteiger partial charge in [-0.3, -0.25) is 19.7 Å². The Morgan fingerprint density at radius 3 is 2.36 bits per heavy atom. The second-order valence-electron chi connectivity index (χ2n) is 6.78. The van der Waals surface area contributed by atoms with E-state index in [1.54, 1.807) is 5.38 Å². The summed E-state index contributed by atoms with van der Waals surface area (Å²) in [7, 11) is 0. The number of carbonyl (C=O) groups is 3. The zero-order chi connectivity index (χ0) is 24.0. The maximum Gasteiger partial charge on any atom is 0.416 e. The summed E-state index contributed by atoms with van der Waals surface area (Å²) in [5, 5.41) is 6.90. The van der Waals surface area contributed by atoms with Crippen LogP contribution in [-0.4, -0.2) is 35.4 Å². The molecule has 2 amide bonds. The van der Waals surface area contributed by atoms with Crippen LogP contribution in [0.5, 0.6) is 0 Å². The first-order chi connectivity index (χ1) is 15.6. The molecule has 2 N–H and O–H groups in total. The summed E-state index contributed by atoms with van der Waals surface area (Å²) in [6.07, 6.45) is -5.68. The highest BCUT2D eigenvalue weighted by molar-refractivity contribution is 7.14. The minimum absolute atomic E-state index is 0.0559. The van der Waals surface area contributed by atoms with Crippen LogP contribution in [0.25, 0.3) is 11.3 Å². The molecule has 3 aromatic rings. The van der Waals surface area contributed by atoms with Gasteiger partial charge in [0.1, 0.15) is 6.54 Å². The molecular weight excluding hydrogens is 459 g/mol. The third-order valence-electron chi connectivity index (χ3n) is 4.35. The number of amides is 2. The van der Waals surface area contributed by atoms with Crippen molar-refractivity contribution in [3.05, 3.63) is 71.1 Å². The minimum atomic E-state index is -4.52. The molecule has 11 heteroatoms. The van der Waals surface area contributed by atoms with Crippen LogP contribution in [0.3, 0.4) is 0 Å². The summed E-state index contributed by atoms with van der Waals surface area (Å²) in [6.45, 7) is 0.795. The number of anilines is 1. The van der Waals surface area contributed by atoms with Crippen LogP contribution in [0.2, 0.25) is 0 Å². The van der Waals surface area contributed by atoms with Crippen molar-refractivity contribution in [3.8, 4) is 11.3 Å². The number of nitrogens with zero attached hydrogens (tertiary/aromatic N) is 1. The van der Waals surface area contributed by atoms with Crippen molar-refractivity contribution in [1.29, 1.82) is 0 Å². The van der Waals surface area contributed by atoms with E-state index in [4.69, 9.17) is 4.74 Å². The molecule has 2 aromatic carbocycles. The maximum absolute atomic E-state index is 12.6. The van der Waals surface area contributed by atoms with Crippen LogP contribution in [0.15, 0.2) is 60.0 Å². The molecule has 7 nitrogen and oxygen atoms in total. The Hall–Kier alpha value is -3.73. The van der Waals surface area contributed by atoms with Crippen LogP contribution in [-0.2, 0) is 20.5 Å². The standard InChI is InChI=1S/C22H18F3N3O4S/c1-13(19(30)28-21-27-17(12-33-21)14-5-3-2-4-6-14)32-18(29)11-26-20(31)15-7-9-16(10-8-15)22(23,24)25/h2-10,12-13H,11H2,1H3,(H,26,31)(H,27,28,30). The van der Waals surface area contributed by atoms with Gasteiger partial charge in [-0.25, -0.2) is 4.98 Å². The van der Waals surface area contributed by atoms with Crippen molar-refractivity contribution >= 4 is 34.3 Å². The van der Waals surface area contributed by atoms with Gasteiger partial charge in [-0.15, -0.1) is 11.3 Å². The van der Waals surface area contributed by atoms with Crippen LogP contribution in [0.1, 0.15) is 22.8 Å². The van der Waals surface area contributed by atoms with E-state index in [0.29, 0.717) is 10.8 Å². The molecule has 0 aliphatic carbocycles. The number of hydrogen-bond acceptors (Lipinski definition) is 6. The Bertz CT molecular complexity index is 1130. The maximum atomic E-state index is 12.6. The third kappa shape index (κ3) is 6.62. The van der Waals surface area contributed by atoms with Crippen molar-refractivity contribution in [2.45, 2.75) is 19.2 Å². The molecule has 1 heterocycles. The number of aromatic nitrogens is 1. The summed E-state index contributed by atoms with van der Waals surface area (Å²) in [6, 6.07) is 12.9. The first kappa shape index (κ1) is 23.9. The first-order valence-corrected chi connectivity index (χ1v) is 10.5. The lowest BCUT2D eigenvalue weighted by molar-refractivity contribution is -0.152. The van der Waals surface area contributed by atoms with Gasteiger partial charge in [0.2, 0.25) is 0 Å². The summed E-state index contributed by atoms with van der Waals surface area (Å²) >= 11 is 1.21. The van der Waals surface area contributed by atoms with Crippen molar-refractivity contribution in [2.24, 2.45) is 0 Å².